The first-order valence-electron chi connectivity index (χ1n) is 7.88. The Morgan fingerprint density at radius 1 is 1.33 bits per heavy atom. The highest BCUT2D eigenvalue weighted by atomic mass is 16.5. The molecule has 0 spiro atoms. The lowest BCUT2D eigenvalue weighted by Crippen LogP contribution is -2.45. The van der Waals surface area contributed by atoms with Crippen molar-refractivity contribution in [2.75, 3.05) is 13.1 Å². The van der Waals surface area contributed by atoms with Gasteiger partial charge >= 0.3 is 0 Å². The molecule has 1 heterocycles. The predicted molar refractivity (Wildman–Crippen MR) is 87.9 cm³/mol. The van der Waals surface area contributed by atoms with Gasteiger partial charge in [0.2, 0.25) is 0 Å². The Morgan fingerprint density at radius 2 is 2.10 bits per heavy atom. The van der Waals surface area contributed by atoms with Crippen LogP contribution in [0.1, 0.15) is 52.1 Å². The number of hydrogen-bond donors (Lipinski definition) is 2. The first-order chi connectivity index (χ1) is 10.1. The van der Waals surface area contributed by atoms with E-state index in [2.05, 4.69) is 55.5 Å². The molecule has 0 bridgehead atoms. The molecule has 1 aliphatic rings. The molecule has 0 aromatic heterocycles. The van der Waals surface area contributed by atoms with Gasteiger partial charge in [0.05, 0.1) is 6.04 Å². The summed E-state index contributed by atoms with van der Waals surface area (Å²) in [7, 11) is 0. The molecule has 1 unspecified atom stereocenters. The monoisotopic (exact) mass is 289 g/mol. The fraction of sp³-hybridized carbons (Fsp3) is 0.588. The summed E-state index contributed by atoms with van der Waals surface area (Å²) in [6, 6.07) is 8.48. The Kier molecular flexibility index (Phi) is 5.10. The van der Waals surface area contributed by atoms with Crippen LogP contribution in [0.25, 0.3) is 0 Å². The van der Waals surface area contributed by atoms with Crippen molar-refractivity contribution in [1.82, 2.24) is 10.6 Å². The average molecular weight is 289 g/mol. The first kappa shape index (κ1) is 15.7. The summed E-state index contributed by atoms with van der Waals surface area (Å²) < 4.78 is 6.07. The van der Waals surface area contributed by atoms with Gasteiger partial charge in [-0.3, -0.25) is 4.99 Å². The van der Waals surface area contributed by atoms with Gasteiger partial charge in [-0.25, -0.2) is 0 Å². The Labute approximate surface area is 128 Å². The molecule has 21 heavy (non-hydrogen) atoms. The van der Waals surface area contributed by atoms with Gasteiger partial charge in [0.15, 0.2) is 5.96 Å². The molecule has 0 fully saturated rings. The van der Waals surface area contributed by atoms with Crippen molar-refractivity contribution < 1.29 is 4.74 Å². The summed E-state index contributed by atoms with van der Waals surface area (Å²) in [5, 5.41) is 6.88. The standard InChI is InChI=1S/C17H27N3O/c1-5-11-19-16(18-6-2)20-14-12-17(3,4)21-15-10-8-7-9-13(14)15/h7-10,14H,5-6,11-12H2,1-4H3,(H2,18,19,20). The number of hydrogen-bond acceptors (Lipinski definition) is 2. The minimum Gasteiger partial charge on any atom is -0.487 e. The van der Waals surface area contributed by atoms with Crippen LogP contribution in [-0.4, -0.2) is 24.7 Å². The van der Waals surface area contributed by atoms with Crippen molar-refractivity contribution in [3.63, 3.8) is 0 Å². The van der Waals surface area contributed by atoms with Crippen molar-refractivity contribution >= 4 is 5.96 Å². The lowest BCUT2D eigenvalue weighted by molar-refractivity contribution is 0.0694. The number of nitrogens with zero attached hydrogens (tertiary/aromatic N) is 1. The van der Waals surface area contributed by atoms with Gasteiger partial charge in [-0.2, -0.15) is 0 Å². The van der Waals surface area contributed by atoms with Gasteiger partial charge < -0.3 is 15.4 Å². The second-order valence-electron chi connectivity index (χ2n) is 6.06. The summed E-state index contributed by atoms with van der Waals surface area (Å²) in [5.41, 5.74) is 1.03. The fourth-order valence-electron chi connectivity index (χ4n) is 2.64. The SMILES string of the molecule is CCCN=C(NCC)NC1CC(C)(C)Oc2ccccc21. The van der Waals surface area contributed by atoms with Gasteiger partial charge in [0.25, 0.3) is 0 Å². The van der Waals surface area contributed by atoms with Gasteiger partial charge in [-0.15, -0.1) is 0 Å². The summed E-state index contributed by atoms with van der Waals surface area (Å²) in [6.07, 6.45) is 1.97. The number of para-hydroxylation sites is 1. The molecular weight excluding hydrogens is 262 g/mol. The number of guanidine groups is 1. The Balaban J connectivity index is 2.21. The molecule has 0 radical (unpaired) electrons. The van der Waals surface area contributed by atoms with Crippen LogP contribution in [0.4, 0.5) is 0 Å². The summed E-state index contributed by atoms with van der Waals surface area (Å²) in [6.45, 7) is 10.2. The number of rotatable bonds is 4. The highest BCUT2D eigenvalue weighted by Crippen LogP contribution is 2.39. The van der Waals surface area contributed by atoms with Gasteiger partial charge in [0, 0.05) is 25.1 Å². The molecule has 0 saturated heterocycles. The van der Waals surface area contributed by atoms with Crippen LogP contribution in [0.15, 0.2) is 29.3 Å². The Morgan fingerprint density at radius 3 is 2.81 bits per heavy atom. The average Bonchev–Trinajstić information content (AvgIpc) is 2.43. The quantitative estimate of drug-likeness (QED) is 0.660. The van der Waals surface area contributed by atoms with Crippen molar-refractivity contribution in [3.8, 4) is 5.75 Å². The van der Waals surface area contributed by atoms with Crippen LogP contribution in [0.5, 0.6) is 5.75 Å². The Bertz CT molecular complexity index is 497. The number of ether oxygens (including phenoxy) is 1. The van der Waals surface area contributed by atoms with Gasteiger partial charge in [-0.1, -0.05) is 25.1 Å². The molecule has 1 atom stereocenters. The fourth-order valence-corrected chi connectivity index (χ4v) is 2.64. The third-order valence-electron chi connectivity index (χ3n) is 3.53. The predicted octanol–water partition coefficient (Wildman–Crippen LogP) is 3.25. The van der Waals surface area contributed by atoms with E-state index in [1.165, 1.54) is 5.56 Å². The molecule has 1 aromatic carbocycles. The topological polar surface area (TPSA) is 45.7 Å². The number of nitrogens with one attached hydrogen (secondary N) is 2. The number of benzene rings is 1. The smallest absolute Gasteiger partial charge is 0.191 e. The van der Waals surface area contributed by atoms with Crippen LogP contribution < -0.4 is 15.4 Å². The van der Waals surface area contributed by atoms with E-state index in [9.17, 15) is 0 Å². The molecule has 0 aliphatic carbocycles. The highest BCUT2D eigenvalue weighted by molar-refractivity contribution is 5.80. The third kappa shape index (κ3) is 4.13. The highest BCUT2D eigenvalue weighted by Gasteiger charge is 2.33. The van der Waals surface area contributed by atoms with Crippen molar-refractivity contribution in [1.29, 1.82) is 0 Å². The molecule has 1 aromatic rings. The van der Waals surface area contributed by atoms with Crippen LogP contribution in [0, 0.1) is 0 Å². The maximum Gasteiger partial charge on any atom is 0.191 e. The van der Waals surface area contributed by atoms with Crippen molar-refractivity contribution in [3.05, 3.63) is 29.8 Å². The molecule has 0 amide bonds. The molecule has 0 saturated carbocycles. The van der Waals surface area contributed by atoms with E-state index < -0.39 is 0 Å². The van der Waals surface area contributed by atoms with E-state index in [0.29, 0.717) is 0 Å². The second kappa shape index (κ2) is 6.83. The second-order valence-corrected chi connectivity index (χ2v) is 6.06. The minimum absolute atomic E-state index is 0.173. The summed E-state index contributed by atoms with van der Waals surface area (Å²) in [4.78, 5) is 4.60. The van der Waals surface area contributed by atoms with E-state index in [4.69, 9.17) is 4.74 Å². The molecule has 1 aliphatic heterocycles. The van der Waals surface area contributed by atoms with Crippen molar-refractivity contribution in [2.45, 2.75) is 52.2 Å². The van der Waals surface area contributed by atoms with Gasteiger partial charge in [-0.05, 0) is 33.3 Å². The van der Waals surface area contributed by atoms with Crippen LogP contribution in [-0.2, 0) is 0 Å². The Hall–Kier alpha value is -1.71. The maximum atomic E-state index is 6.07. The van der Waals surface area contributed by atoms with E-state index in [1.54, 1.807) is 0 Å². The minimum atomic E-state index is -0.173. The summed E-state index contributed by atoms with van der Waals surface area (Å²) >= 11 is 0. The maximum absolute atomic E-state index is 6.07. The van der Waals surface area contributed by atoms with Crippen LogP contribution in [0.2, 0.25) is 0 Å². The molecule has 2 N–H and O–H groups in total. The largest absolute Gasteiger partial charge is 0.487 e. The normalized spacial score (nSPS) is 20.4. The number of fused-ring (bicyclic) bond motifs is 1. The van der Waals surface area contributed by atoms with E-state index in [-0.39, 0.29) is 11.6 Å². The molecule has 116 valence electrons. The summed E-state index contributed by atoms with van der Waals surface area (Å²) in [5.74, 6) is 1.86. The molecule has 2 rings (SSSR count). The van der Waals surface area contributed by atoms with E-state index in [0.717, 1.165) is 37.6 Å². The lowest BCUT2D eigenvalue weighted by atomic mass is 9.90. The molecule has 4 nitrogen and oxygen atoms in total. The van der Waals surface area contributed by atoms with Gasteiger partial charge in [0.1, 0.15) is 11.4 Å². The first-order valence-corrected chi connectivity index (χ1v) is 7.88. The zero-order chi connectivity index (χ0) is 15.3. The van der Waals surface area contributed by atoms with Crippen molar-refractivity contribution in [2.24, 2.45) is 4.99 Å². The molecular formula is C17H27N3O. The van der Waals surface area contributed by atoms with E-state index in [1.807, 2.05) is 12.1 Å². The number of aliphatic imine (C=N–C) groups is 1. The third-order valence-corrected chi connectivity index (χ3v) is 3.53. The van der Waals surface area contributed by atoms with E-state index >= 15 is 0 Å². The van der Waals surface area contributed by atoms with Crippen LogP contribution in [0.3, 0.4) is 0 Å². The zero-order valence-corrected chi connectivity index (χ0v) is 13.6. The lowest BCUT2D eigenvalue weighted by Gasteiger charge is -2.38. The zero-order valence-electron chi connectivity index (χ0n) is 13.6. The van der Waals surface area contributed by atoms with Crippen LogP contribution >= 0.6 is 0 Å². The molecule has 4 heteroatoms.